The van der Waals surface area contributed by atoms with Crippen LogP contribution in [0.1, 0.15) is 34.1 Å². The predicted molar refractivity (Wildman–Crippen MR) is 89.2 cm³/mol. The van der Waals surface area contributed by atoms with Gasteiger partial charge in [-0.2, -0.15) is 0 Å². The van der Waals surface area contributed by atoms with Gasteiger partial charge in [0.25, 0.3) is 0 Å². The average Bonchev–Trinajstić information content (AvgIpc) is 2.41. The summed E-state index contributed by atoms with van der Waals surface area (Å²) in [5.41, 5.74) is -0.238. The normalized spacial score (nSPS) is 12.1. The number of guanidine groups is 1. The summed E-state index contributed by atoms with van der Waals surface area (Å²) in [4.78, 5) is 16.0. The smallest absolute Gasteiger partial charge is 0.242 e. The number of aliphatic imine (C=N–C) groups is 1. The molecule has 0 atom stereocenters. The molecule has 0 aromatic rings. The Morgan fingerprint density at radius 3 is 2.45 bits per heavy atom. The van der Waals surface area contributed by atoms with E-state index in [0.717, 1.165) is 19.5 Å². The van der Waals surface area contributed by atoms with Crippen LogP contribution in [0.5, 0.6) is 0 Å². The SMILES string of the molecule is CCNC(=NCC(=O)NC(C)(C)C)NCCCOCCOC. The van der Waals surface area contributed by atoms with E-state index in [1.54, 1.807) is 7.11 Å². The minimum absolute atomic E-state index is 0.0902. The summed E-state index contributed by atoms with van der Waals surface area (Å²) in [5, 5.41) is 9.17. The lowest BCUT2D eigenvalue weighted by Gasteiger charge is -2.20. The van der Waals surface area contributed by atoms with E-state index in [1.165, 1.54) is 0 Å². The first-order chi connectivity index (χ1) is 10.4. The third kappa shape index (κ3) is 13.6. The van der Waals surface area contributed by atoms with Crippen molar-refractivity contribution in [1.82, 2.24) is 16.0 Å². The van der Waals surface area contributed by atoms with Gasteiger partial charge >= 0.3 is 0 Å². The molecule has 7 nitrogen and oxygen atoms in total. The van der Waals surface area contributed by atoms with E-state index < -0.39 is 0 Å². The molecule has 0 fully saturated rings. The van der Waals surface area contributed by atoms with Crippen molar-refractivity contribution in [1.29, 1.82) is 0 Å². The second-order valence-electron chi connectivity index (χ2n) is 5.88. The quantitative estimate of drug-likeness (QED) is 0.311. The van der Waals surface area contributed by atoms with Crippen molar-refractivity contribution in [3.05, 3.63) is 0 Å². The Balaban J connectivity index is 3.98. The Hall–Kier alpha value is -1.34. The fraction of sp³-hybridized carbons (Fsp3) is 0.867. The number of carbonyl (C=O) groups excluding carboxylic acids is 1. The zero-order valence-corrected chi connectivity index (χ0v) is 14.6. The molecule has 0 spiro atoms. The van der Waals surface area contributed by atoms with Gasteiger partial charge in [0.05, 0.1) is 13.2 Å². The first kappa shape index (κ1) is 20.7. The molecule has 0 unspecified atom stereocenters. The third-order valence-electron chi connectivity index (χ3n) is 2.43. The zero-order valence-electron chi connectivity index (χ0n) is 14.6. The van der Waals surface area contributed by atoms with E-state index in [-0.39, 0.29) is 18.0 Å². The molecule has 0 rings (SSSR count). The van der Waals surface area contributed by atoms with Crippen LogP contribution in [0.3, 0.4) is 0 Å². The Morgan fingerprint density at radius 1 is 1.14 bits per heavy atom. The van der Waals surface area contributed by atoms with Crippen molar-refractivity contribution in [2.24, 2.45) is 4.99 Å². The van der Waals surface area contributed by atoms with Crippen LogP contribution >= 0.6 is 0 Å². The maximum absolute atomic E-state index is 11.7. The molecule has 0 aliphatic carbocycles. The first-order valence-electron chi connectivity index (χ1n) is 7.79. The molecule has 22 heavy (non-hydrogen) atoms. The van der Waals surface area contributed by atoms with Gasteiger partial charge in [-0.05, 0) is 34.1 Å². The molecular formula is C15H32N4O3. The van der Waals surface area contributed by atoms with Gasteiger partial charge in [0, 0.05) is 32.3 Å². The molecule has 130 valence electrons. The van der Waals surface area contributed by atoms with E-state index >= 15 is 0 Å². The predicted octanol–water partition coefficient (Wildman–Crippen LogP) is 0.509. The highest BCUT2D eigenvalue weighted by atomic mass is 16.5. The minimum atomic E-state index is -0.238. The Labute approximate surface area is 134 Å². The maximum Gasteiger partial charge on any atom is 0.242 e. The van der Waals surface area contributed by atoms with Crippen LogP contribution < -0.4 is 16.0 Å². The summed E-state index contributed by atoms with van der Waals surface area (Å²) >= 11 is 0. The summed E-state index contributed by atoms with van der Waals surface area (Å²) in [5.74, 6) is 0.552. The van der Waals surface area contributed by atoms with Gasteiger partial charge in [-0.3, -0.25) is 4.79 Å². The Bertz CT molecular complexity index is 327. The van der Waals surface area contributed by atoms with Crippen molar-refractivity contribution < 1.29 is 14.3 Å². The highest BCUT2D eigenvalue weighted by Crippen LogP contribution is 1.97. The minimum Gasteiger partial charge on any atom is -0.382 e. The number of ether oxygens (including phenoxy) is 2. The van der Waals surface area contributed by atoms with Gasteiger partial charge in [0.2, 0.25) is 5.91 Å². The molecule has 0 radical (unpaired) electrons. The van der Waals surface area contributed by atoms with Crippen LogP contribution in [0.2, 0.25) is 0 Å². The van der Waals surface area contributed by atoms with Crippen LogP contribution in [-0.2, 0) is 14.3 Å². The molecule has 1 amide bonds. The molecule has 3 N–H and O–H groups in total. The molecule has 0 aliphatic heterocycles. The van der Waals surface area contributed by atoms with E-state index in [4.69, 9.17) is 9.47 Å². The second kappa shape index (κ2) is 12.2. The van der Waals surface area contributed by atoms with Gasteiger partial charge in [-0.1, -0.05) is 0 Å². The third-order valence-corrected chi connectivity index (χ3v) is 2.43. The van der Waals surface area contributed by atoms with Crippen LogP contribution in [0.15, 0.2) is 4.99 Å². The standard InChI is InChI=1S/C15H32N4O3/c1-6-16-14(17-8-7-9-22-11-10-21-5)18-12-13(20)19-15(2,3)4/h6-12H2,1-5H3,(H,19,20)(H2,16,17,18). The van der Waals surface area contributed by atoms with Crippen molar-refractivity contribution in [2.75, 3.05) is 46.6 Å². The Morgan fingerprint density at radius 2 is 1.86 bits per heavy atom. The van der Waals surface area contributed by atoms with Gasteiger partial charge < -0.3 is 25.4 Å². The van der Waals surface area contributed by atoms with Crippen LogP contribution in [-0.4, -0.2) is 64.0 Å². The topological polar surface area (TPSA) is 84.0 Å². The first-order valence-corrected chi connectivity index (χ1v) is 7.79. The number of hydrogen-bond acceptors (Lipinski definition) is 4. The summed E-state index contributed by atoms with van der Waals surface area (Å²) in [6.45, 7) is 11.3. The summed E-state index contributed by atoms with van der Waals surface area (Å²) in [6, 6.07) is 0. The second-order valence-corrected chi connectivity index (χ2v) is 5.88. The molecular weight excluding hydrogens is 284 g/mol. The highest BCUT2D eigenvalue weighted by Gasteiger charge is 2.13. The number of nitrogens with one attached hydrogen (secondary N) is 3. The monoisotopic (exact) mass is 316 g/mol. The van der Waals surface area contributed by atoms with Gasteiger partial charge in [-0.15, -0.1) is 0 Å². The molecule has 7 heteroatoms. The van der Waals surface area contributed by atoms with Gasteiger partial charge in [0.15, 0.2) is 5.96 Å². The molecule has 0 heterocycles. The number of nitrogens with zero attached hydrogens (tertiary/aromatic N) is 1. The number of methoxy groups -OCH3 is 1. The average molecular weight is 316 g/mol. The lowest BCUT2D eigenvalue weighted by atomic mass is 10.1. The van der Waals surface area contributed by atoms with E-state index in [2.05, 4.69) is 20.9 Å². The van der Waals surface area contributed by atoms with Crippen molar-refractivity contribution in [3.8, 4) is 0 Å². The van der Waals surface area contributed by atoms with E-state index in [9.17, 15) is 4.79 Å². The summed E-state index contributed by atoms with van der Waals surface area (Å²) < 4.78 is 10.3. The summed E-state index contributed by atoms with van der Waals surface area (Å²) in [7, 11) is 1.65. The lowest BCUT2D eigenvalue weighted by Crippen LogP contribution is -2.43. The van der Waals surface area contributed by atoms with E-state index in [0.29, 0.717) is 25.8 Å². The Kier molecular flexibility index (Phi) is 11.5. The molecule has 0 bridgehead atoms. The van der Waals surface area contributed by atoms with Crippen molar-refractivity contribution in [2.45, 2.75) is 39.7 Å². The highest BCUT2D eigenvalue weighted by molar-refractivity contribution is 5.85. The lowest BCUT2D eigenvalue weighted by molar-refractivity contribution is -0.121. The maximum atomic E-state index is 11.7. The number of amides is 1. The van der Waals surface area contributed by atoms with Crippen LogP contribution in [0.25, 0.3) is 0 Å². The summed E-state index contributed by atoms with van der Waals surface area (Å²) in [6.07, 6.45) is 0.863. The number of rotatable bonds is 10. The van der Waals surface area contributed by atoms with E-state index in [1.807, 2.05) is 27.7 Å². The largest absolute Gasteiger partial charge is 0.382 e. The molecule has 0 aromatic carbocycles. The molecule has 0 aromatic heterocycles. The fourth-order valence-corrected chi connectivity index (χ4v) is 1.58. The number of hydrogen-bond donors (Lipinski definition) is 3. The van der Waals surface area contributed by atoms with Crippen molar-refractivity contribution >= 4 is 11.9 Å². The zero-order chi connectivity index (χ0) is 16.8. The van der Waals surface area contributed by atoms with Gasteiger partial charge in [0.1, 0.15) is 6.54 Å². The van der Waals surface area contributed by atoms with Crippen LogP contribution in [0.4, 0.5) is 0 Å². The molecule has 0 saturated heterocycles. The van der Waals surface area contributed by atoms with Crippen molar-refractivity contribution in [3.63, 3.8) is 0 Å². The van der Waals surface area contributed by atoms with Gasteiger partial charge in [-0.25, -0.2) is 4.99 Å². The van der Waals surface area contributed by atoms with Crippen LogP contribution in [0, 0.1) is 0 Å². The number of carbonyl (C=O) groups is 1. The fourth-order valence-electron chi connectivity index (χ4n) is 1.58. The molecule has 0 saturated carbocycles. The molecule has 0 aliphatic rings.